The quantitative estimate of drug-likeness (QED) is 0.0442. The minimum absolute atomic E-state index is 0.0450. The van der Waals surface area contributed by atoms with E-state index in [1.165, 1.54) is 57.3 Å². The van der Waals surface area contributed by atoms with E-state index in [0.29, 0.717) is 11.8 Å². The van der Waals surface area contributed by atoms with Crippen LogP contribution < -0.4 is 46.5 Å². The number of aliphatic hydroxyl groups excluding tert-OH is 6. The topological polar surface area (TPSA) is 516 Å². The number of hydrogen-bond acceptors (Lipinski definition) is 27. The van der Waals surface area contributed by atoms with Crippen LogP contribution in [0.15, 0.2) is 78.9 Å². The van der Waals surface area contributed by atoms with Gasteiger partial charge in [0.05, 0.1) is 40.1 Å². The van der Waals surface area contributed by atoms with Gasteiger partial charge >= 0.3 is 12.2 Å². The number of nitrogens with zero attached hydrogens (tertiary/aromatic N) is 1. The van der Waals surface area contributed by atoms with Crippen LogP contribution in [0.2, 0.25) is 10.0 Å². The van der Waals surface area contributed by atoms with Gasteiger partial charge in [0.15, 0.2) is 41.2 Å². The number of nitrogens with one attached hydrogen (secondary N) is 5. The number of halogens is 2. The van der Waals surface area contributed by atoms with Crippen molar-refractivity contribution < 1.29 is 132 Å². The van der Waals surface area contributed by atoms with E-state index in [1.54, 1.807) is 55.4 Å². The first kappa shape index (κ1) is 92.7. The van der Waals surface area contributed by atoms with Gasteiger partial charge in [-0.15, -0.1) is 0 Å². The second-order valence-corrected chi connectivity index (χ2v) is 37.8. The number of phenolic OH excluding ortho intramolecular Hbond substituents is 3. The summed E-state index contributed by atoms with van der Waals surface area (Å²) in [4.78, 5) is 152. The molecule has 0 spiro atoms. The van der Waals surface area contributed by atoms with E-state index >= 15 is 28.8 Å². The molecule has 7 aliphatic heterocycles. The van der Waals surface area contributed by atoms with Gasteiger partial charge in [0.2, 0.25) is 41.6 Å². The smallest absolute Gasteiger partial charge is 0.410 e. The molecule has 36 heteroatoms. The first-order chi connectivity index (χ1) is 58.7. The number of ketones is 3. The van der Waals surface area contributed by atoms with Crippen molar-refractivity contribution in [3.05, 3.63) is 117 Å². The highest BCUT2D eigenvalue weighted by molar-refractivity contribution is 6.32. The van der Waals surface area contributed by atoms with Gasteiger partial charge in [0, 0.05) is 56.3 Å². The molecule has 5 aromatic carbocycles. The zero-order chi connectivity index (χ0) is 90.8. The highest BCUT2D eigenvalue weighted by Crippen LogP contribution is 2.59. The van der Waals surface area contributed by atoms with Crippen LogP contribution in [0.4, 0.5) is 9.59 Å². The highest BCUT2D eigenvalue weighted by Gasteiger charge is 2.55. The van der Waals surface area contributed by atoms with E-state index in [4.69, 9.17) is 66.8 Å². The van der Waals surface area contributed by atoms with Crippen molar-refractivity contribution in [2.45, 2.75) is 254 Å². The third-order valence-electron chi connectivity index (χ3n) is 24.8. The zero-order valence-corrected chi connectivity index (χ0v) is 72.4. The zero-order valence-electron chi connectivity index (χ0n) is 70.9. The summed E-state index contributed by atoms with van der Waals surface area (Å²) in [5.74, 6) is -16.4. The van der Waals surface area contributed by atoms with Gasteiger partial charge in [0.25, 0.3) is 0 Å². The molecular formula is C89H109Cl2N7O27. The maximum atomic E-state index is 16.7. The number of carbonyl (C=O) groups excluding carboxylic acids is 10. The Morgan fingerprint density at radius 1 is 0.680 bits per heavy atom. The fourth-order valence-corrected chi connectivity index (χ4v) is 19.4. The third-order valence-corrected chi connectivity index (χ3v) is 25.4. The van der Waals surface area contributed by atoms with Crippen LogP contribution >= 0.6 is 23.2 Å². The molecule has 5 aromatic rings. The Morgan fingerprint density at radius 3 is 1.87 bits per heavy atom. The van der Waals surface area contributed by atoms with E-state index in [9.17, 15) is 65.1 Å². The van der Waals surface area contributed by atoms with Crippen molar-refractivity contribution in [3.63, 3.8) is 0 Å². The van der Waals surface area contributed by atoms with Crippen LogP contribution in [0, 0.1) is 41.4 Å². The molecule has 4 aliphatic carbocycles. The monoisotopic (exact) mass is 1780 g/mol. The number of carbonyl (C=O) groups is 10. The number of nitrogens with two attached hydrogens (primary N) is 1. The molecule has 11 aliphatic rings. The van der Waals surface area contributed by atoms with Crippen molar-refractivity contribution in [2.75, 3.05) is 13.7 Å². The minimum atomic E-state index is -2.25. The number of phenols is 3. The summed E-state index contributed by atoms with van der Waals surface area (Å²) in [5, 5.41) is 121. The molecule has 0 aromatic heterocycles. The van der Waals surface area contributed by atoms with Gasteiger partial charge in [-0.05, 0) is 212 Å². The summed E-state index contributed by atoms with van der Waals surface area (Å²) in [5.41, 5.74) is 0.417. The summed E-state index contributed by atoms with van der Waals surface area (Å²) in [6.45, 7) is 15.1. The van der Waals surface area contributed by atoms with E-state index in [-0.39, 0.29) is 81.4 Å². The molecule has 18 atom stereocenters. The van der Waals surface area contributed by atoms with Crippen molar-refractivity contribution in [1.82, 2.24) is 31.5 Å². The number of aromatic hydroxyl groups is 3. The summed E-state index contributed by atoms with van der Waals surface area (Å²) in [6, 6.07) is 5.19. The van der Waals surface area contributed by atoms with Crippen LogP contribution in [0.1, 0.15) is 198 Å². The number of fused-ring (bicyclic) bond motifs is 15. The molecule has 676 valence electrons. The number of alkyl carbamates (subject to hydrolysis) is 1. The fourth-order valence-electron chi connectivity index (χ4n) is 18.9. The Bertz CT molecular complexity index is 4990. The van der Waals surface area contributed by atoms with Gasteiger partial charge in [0.1, 0.15) is 107 Å². The number of aliphatic hydroxyl groups is 6. The number of likely N-dealkylation sites (N-methyl/N-ethyl adjacent to an activating group) is 1. The summed E-state index contributed by atoms with van der Waals surface area (Å²) in [6.07, 6.45) is -19.3. The van der Waals surface area contributed by atoms with Crippen LogP contribution in [-0.4, -0.2) is 208 Å². The first-order valence-electron chi connectivity index (χ1n) is 41.9. The van der Waals surface area contributed by atoms with Crippen LogP contribution in [-0.2, 0) is 62.0 Å². The van der Waals surface area contributed by atoms with Gasteiger partial charge < -0.3 is 116 Å². The molecule has 15 bridgehead atoms. The van der Waals surface area contributed by atoms with E-state index in [2.05, 4.69) is 26.6 Å². The number of ether oxygens (including phenoxy) is 8. The maximum absolute atomic E-state index is 16.7. The summed E-state index contributed by atoms with van der Waals surface area (Å²) in [7, 11) is 1.29. The van der Waals surface area contributed by atoms with E-state index < -0.39 is 262 Å². The largest absolute Gasteiger partial charge is 0.508 e. The van der Waals surface area contributed by atoms with Crippen LogP contribution in [0.3, 0.4) is 0 Å². The van der Waals surface area contributed by atoms with Crippen LogP contribution in [0.25, 0.3) is 11.1 Å². The molecular weight excluding hydrogens is 1670 g/mol. The van der Waals surface area contributed by atoms with E-state index in [1.807, 2.05) is 0 Å². The Hall–Kier alpha value is -9.98. The number of amides is 7. The highest BCUT2D eigenvalue weighted by atomic mass is 35.5. The second-order valence-electron chi connectivity index (χ2n) is 37.0. The Morgan fingerprint density at radius 2 is 1.29 bits per heavy atom. The minimum Gasteiger partial charge on any atom is -0.508 e. The predicted molar refractivity (Wildman–Crippen MR) is 445 cm³/mol. The third kappa shape index (κ3) is 20.4. The molecule has 2 saturated heterocycles. The molecule has 4 saturated carbocycles. The number of benzene rings is 5. The fraction of sp³-hybridized carbons (Fsp3) is 0.551. The van der Waals surface area contributed by atoms with Gasteiger partial charge in [-0.3, -0.25) is 43.3 Å². The molecule has 6 fully saturated rings. The molecule has 0 radical (unpaired) electrons. The first-order valence-corrected chi connectivity index (χ1v) is 42.7. The average molecular weight is 1780 g/mol. The van der Waals surface area contributed by atoms with Crippen molar-refractivity contribution in [2.24, 2.45) is 47.2 Å². The number of Topliss-reactive ketones (excluding diaryl/α,β-unsaturated/α-hetero) is 3. The Labute approximate surface area is 730 Å². The lowest BCUT2D eigenvalue weighted by Crippen LogP contribution is -2.66. The molecule has 7 amide bonds. The molecule has 16 N–H and O–H groups in total. The lowest BCUT2D eigenvalue weighted by molar-refractivity contribution is -0.334. The Kier molecular flexibility index (Phi) is 27.3. The number of primary amides is 1. The summed E-state index contributed by atoms with van der Waals surface area (Å²) >= 11 is 14.6. The molecule has 9 unspecified atom stereocenters. The van der Waals surface area contributed by atoms with E-state index in [0.717, 1.165) is 79.5 Å². The van der Waals surface area contributed by atoms with Gasteiger partial charge in [-0.25, -0.2) is 9.59 Å². The number of rotatable bonds is 16. The maximum Gasteiger partial charge on any atom is 0.410 e. The SMILES string of the molecule is CC(C)C[C@H](C(=O)N[C@H]1C(=O)C[C@@H](CC(N)=O)C(=O)N[C@H]2C(=O)C[C@H]3C(=O)N[C@@H](C(=O)N[C@H](C(=O)CC4C5CC6CC(C5)CC4C6)c4cc(O)cc(O)c4-c4cc3ccc4O)[C@H](O)c3ccc(c(Cl)c3)Oc3cc2cc(c3OC2OC(CO)C(O)C(O)C2OC2CC(C)(NC(=O)OC(C)(C)C)C(O)C(C)O2)Oc2ccc(cc2Cl)[C@H]1O)N(C)C(=O)OC(C)(C)C. The van der Waals surface area contributed by atoms with Crippen molar-refractivity contribution >= 4 is 82.3 Å². The van der Waals surface area contributed by atoms with Crippen molar-refractivity contribution in [1.29, 1.82) is 0 Å². The molecule has 34 nitrogen and oxygen atoms in total. The van der Waals surface area contributed by atoms with Gasteiger partial charge in [-0.2, -0.15) is 0 Å². The lowest BCUT2D eigenvalue weighted by atomic mass is 9.51. The van der Waals surface area contributed by atoms with Gasteiger partial charge in [-0.1, -0.05) is 55.2 Å². The lowest BCUT2D eigenvalue weighted by Gasteiger charge is -2.54. The predicted octanol–water partition coefficient (Wildman–Crippen LogP) is 8.24. The Balaban J connectivity index is 1.00. The molecule has 16 rings (SSSR count). The van der Waals surface area contributed by atoms with Crippen LogP contribution in [0.5, 0.6) is 46.0 Å². The van der Waals surface area contributed by atoms with Crippen molar-refractivity contribution in [3.8, 4) is 57.1 Å². The average Bonchev–Trinajstić information content (AvgIpc) is 0.758. The number of hydrogen-bond donors (Lipinski definition) is 15. The summed E-state index contributed by atoms with van der Waals surface area (Å²) < 4.78 is 50.6. The standard InChI is InChI=1S/C89H109Cl2N7O27/c1-37(2)18-55(98(11)86(117)125-88(7,8)9)82(114)95-71-58(103)27-47(30-66(92)106)80(112)93-69-46-28-63(119-61-16-13-42(73(71)107)25-53(61)90)77(123-84-78(76(110)75(109)65(36-99)121-84)122-67-35-89(10,79(111)38(3)118-67)97-85(116)124-87(4,5)6)64(29-46)120-62-17-14-43(26-54(62)91)74(108)72-83(115)94-70(60(105)33-49-44-20-39-19-40(22-44)23-45(49)21-39)52-31-48(100)32-57(102)68(52)51-24-41(12-15-56(51)101)50(34-59(69)104)81(113)96-72/h12-17,24-26,28-29,31-32,37-40,44-45,47,49-50,55,65,67,69-76,78-79,84,99-102,107-111H,18-23,27,30,33-36H2,1-11H3,(H2,92,106)(H,93,112)(H,94,115)(H,95,114)(H,96,113)(H,97,116)/t38?,39?,40?,44?,45?,47-,49?,50+,55+,65?,67?,69+,70-,71-,72+,73+,74+,75?,76?,78?,79?,84?,89?/m0/s1. The molecule has 7 heterocycles. The molecule has 125 heavy (non-hydrogen) atoms. The second kappa shape index (κ2) is 36.8. The normalized spacial score (nSPS) is 30.7.